The number of para-hydroxylation sites is 2. The molecule has 0 saturated carbocycles. The van der Waals surface area contributed by atoms with Gasteiger partial charge in [-0.1, -0.05) is 170 Å². The van der Waals surface area contributed by atoms with Crippen LogP contribution >= 0.6 is 0 Å². The molecule has 11 aromatic rings. The van der Waals surface area contributed by atoms with Gasteiger partial charge in [-0.05, 0) is 115 Å². The van der Waals surface area contributed by atoms with Crippen LogP contribution in [0, 0.1) is 0 Å². The van der Waals surface area contributed by atoms with Gasteiger partial charge in [-0.3, -0.25) is 0 Å². The Bertz CT molecular complexity index is 3640. The molecule has 0 amide bonds. The first-order valence-electron chi connectivity index (χ1n) is 23.3. The predicted molar refractivity (Wildman–Crippen MR) is 247 cm³/mol. The molecule has 0 aliphatic carbocycles. The second-order valence-electron chi connectivity index (χ2n) is 14.3. The Balaban J connectivity index is 1.12. The standard InChI is InChI=1S/C56H38N2/c1-3-18-49-40(12-1)14-10-22-51(49)42-28-34-46(35-29-42)57(47-36-30-43(31-37-47)52-23-11-15-41-13-2-4-19-50(41)52)45-32-26-39(27-33-45)44-16-9-17-48(38-44)58-55-24-7-5-20-53(55)54-21-6-8-25-56(54)58/h1-38H/i26D,27D,28D,29D,32D,33D,34D,35D. The van der Waals surface area contributed by atoms with Gasteiger partial charge in [0.1, 0.15) is 0 Å². The lowest BCUT2D eigenvalue weighted by Crippen LogP contribution is -2.09. The van der Waals surface area contributed by atoms with E-state index in [1.807, 2.05) is 127 Å². The molecule has 0 fully saturated rings. The number of aromatic nitrogens is 1. The molecule has 2 heteroatoms. The highest BCUT2D eigenvalue weighted by Gasteiger charge is 2.16. The van der Waals surface area contributed by atoms with Gasteiger partial charge in [-0.2, -0.15) is 0 Å². The van der Waals surface area contributed by atoms with Crippen molar-refractivity contribution in [2.24, 2.45) is 0 Å². The summed E-state index contributed by atoms with van der Waals surface area (Å²) in [6.45, 7) is 0. The van der Waals surface area contributed by atoms with Crippen LogP contribution in [0.25, 0.3) is 82.4 Å². The average Bonchev–Trinajstić information content (AvgIpc) is 3.69. The fraction of sp³-hybridized carbons (Fsp3) is 0. The van der Waals surface area contributed by atoms with Crippen molar-refractivity contribution in [1.29, 1.82) is 0 Å². The second-order valence-corrected chi connectivity index (χ2v) is 14.3. The minimum atomic E-state index is -0.401. The maximum Gasteiger partial charge on any atom is 0.0645 e. The van der Waals surface area contributed by atoms with Crippen LogP contribution in [0.3, 0.4) is 0 Å². The number of benzene rings is 10. The van der Waals surface area contributed by atoms with Gasteiger partial charge in [0.2, 0.25) is 0 Å². The minimum Gasteiger partial charge on any atom is -0.311 e. The van der Waals surface area contributed by atoms with Crippen LogP contribution in [0.4, 0.5) is 17.1 Å². The molecule has 0 aliphatic heterocycles. The molecule has 0 atom stereocenters. The topological polar surface area (TPSA) is 8.17 Å². The smallest absolute Gasteiger partial charge is 0.0645 e. The van der Waals surface area contributed by atoms with E-state index in [1.54, 1.807) is 24.3 Å². The zero-order valence-electron chi connectivity index (χ0n) is 39.2. The zero-order valence-corrected chi connectivity index (χ0v) is 31.2. The molecule has 58 heavy (non-hydrogen) atoms. The molecule has 0 spiro atoms. The minimum absolute atomic E-state index is 0.0912. The molecule has 10 aromatic carbocycles. The van der Waals surface area contributed by atoms with Crippen molar-refractivity contribution in [3.63, 3.8) is 0 Å². The van der Waals surface area contributed by atoms with Crippen molar-refractivity contribution in [3.05, 3.63) is 230 Å². The quantitative estimate of drug-likeness (QED) is 0.158. The zero-order chi connectivity index (χ0) is 45.4. The summed E-state index contributed by atoms with van der Waals surface area (Å²) in [5, 5.41) is 5.93. The summed E-state index contributed by atoms with van der Waals surface area (Å²) >= 11 is 0. The molecule has 11 rings (SSSR count). The summed E-state index contributed by atoms with van der Waals surface area (Å²) in [5.41, 5.74) is 5.77. The Kier molecular flexibility index (Phi) is 6.38. The predicted octanol–water partition coefficient (Wildman–Crippen LogP) is 15.6. The van der Waals surface area contributed by atoms with Gasteiger partial charge in [0.25, 0.3) is 0 Å². The van der Waals surface area contributed by atoms with Crippen molar-refractivity contribution in [3.8, 4) is 39.1 Å². The summed E-state index contributed by atoms with van der Waals surface area (Å²) in [6.07, 6.45) is 0. The number of nitrogens with zero attached hydrogens (tertiary/aromatic N) is 2. The van der Waals surface area contributed by atoms with E-state index in [-0.39, 0.29) is 46.7 Å². The number of anilines is 3. The van der Waals surface area contributed by atoms with E-state index in [0.717, 1.165) is 60.2 Å². The number of hydrogen-bond acceptors (Lipinski definition) is 1. The first kappa shape index (κ1) is 26.2. The summed E-state index contributed by atoms with van der Waals surface area (Å²) in [6, 6.07) is 55.5. The molecule has 0 saturated heterocycles. The van der Waals surface area contributed by atoms with Crippen LogP contribution in [-0.2, 0) is 0 Å². The van der Waals surface area contributed by atoms with Crippen molar-refractivity contribution < 1.29 is 11.0 Å². The van der Waals surface area contributed by atoms with E-state index < -0.39 is 24.2 Å². The van der Waals surface area contributed by atoms with E-state index in [0.29, 0.717) is 16.8 Å². The number of hydrogen-bond donors (Lipinski definition) is 0. The third-order valence-electron chi connectivity index (χ3n) is 10.9. The molecule has 1 heterocycles. The fourth-order valence-corrected chi connectivity index (χ4v) is 8.20. The monoisotopic (exact) mass is 746 g/mol. The number of rotatable bonds is 7. The lowest BCUT2D eigenvalue weighted by Gasteiger charge is -2.26. The lowest BCUT2D eigenvalue weighted by molar-refractivity contribution is 1.18. The first-order valence-corrected chi connectivity index (χ1v) is 19.3. The molecule has 1 aromatic heterocycles. The number of fused-ring (bicyclic) bond motifs is 5. The highest BCUT2D eigenvalue weighted by molar-refractivity contribution is 6.09. The second kappa shape index (κ2) is 14.1. The highest BCUT2D eigenvalue weighted by atomic mass is 15.1. The van der Waals surface area contributed by atoms with E-state index >= 15 is 0 Å². The molecule has 272 valence electrons. The van der Waals surface area contributed by atoms with Gasteiger partial charge in [0.05, 0.1) is 22.0 Å². The third-order valence-corrected chi connectivity index (χ3v) is 10.9. The Morgan fingerprint density at radius 2 is 0.793 bits per heavy atom. The SMILES string of the molecule is [2H]c1c([2H])c(N(c2ccc(-c3cccc4ccccc34)cc2)c2c([2H])c([2H])c(-c3cccc4ccccc34)c([2H])c2[2H])c([2H])c([2H])c1-c1cccc(-n2c3ccccc3c3ccccc32)c1. The third kappa shape index (κ3) is 5.82. The fourth-order valence-electron chi connectivity index (χ4n) is 8.20. The van der Waals surface area contributed by atoms with Gasteiger partial charge in [-0.15, -0.1) is 0 Å². The van der Waals surface area contributed by atoms with Crippen molar-refractivity contribution >= 4 is 60.4 Å². The van der Waals surface area contributed by atoms with Gasteiger partial charge in [0, 0.05) is 33.5 Å². The summed E-state index contributed by atoms with van der Waals surface area (Å²) in [4.78, 5) is 1.36. The molecule has 2 nitrogen and oxygen atoms in total. The van der Waals surface area contributed by atoms with Crippen LogP contribution in [0.2, 0.25) is 0 Å². The van der Waals surface area contributed by atoms with Gasteiger partial charge >= 0.3 is 0 Å². The lowest BCUT2D eigenvalue weighted by atomic mass is 9.97. The van der Waals surface area contributed by atoms with Gasteiger partial charge in [0.15, 0.2) is 0 Å². The van der Waals surface area contributed by atoms with Crippen LogP contribution in [-0.4, -0.2) is 4.57 Å². The van der Waals surface area contributed by atoms with Crippen molar-refractivity contribution in [1.82, 2.24) is 4.57 Å². The van der Waals surface area contributed by atoms with E-state index in [4.69, 9.17) is 0 Å². The normalized spacial score (nSPS) is 13.4. The van der Waals surface area contributed by atoms with E-state index in [9.17, 15) is 11.0 Å². The average molecular weight is 747 g/mol. The molecular formula is C56H38N2. The molecular weight excluding hydrogens is 701 g/mol. The Hall–Kier alpha value is -7.68. The van der Waals surface area contributed by atoms with Crippen molar-refractivity contribution in [2.75, 3.05) is 4.90 Å². The summed E-state index contributed by atoms with van der Waals surface area (Å²) in [7, 11) is 0. The first-order chi connectivity index (χ1) is 32.1. The van der Waals surface area contributed by atoms with E-state index in [2.05, 4.69) is 34.9 Å². The molecule has 0 unspecified atom stereocenters. The molecule has 0 N–H and O–H groups in total. The Morgan fingerprint density at radius 1 is 0.328 bits per heavy atom. The maximum absolute atomic E-state index is 9.69. The van der Waals surface area contributed by atoms with Crippen LogP contribution in [0.1, 0.15) is 11.0 Å². The largest absolute Gasteiger partial charge is 0.311 e. The van der Waals surface area contributed by atoms with Crippen molar-refractivity contribution in [2.45, 2.75) is 0 Å². The maximum atomic E-state index is 9.69. The Labute approximate surface area is 349 Å². The highest BCUT2D eigenvalue weighted by Crippen LogP contribution is 2.40. The van der Waals surface area contributed by atoms with Gasteiger partial charge in [-0.25, -0.2) is 0 Å². The van der Waals surface area contributed by atoms with Crippen LogP contribution < -0.4 is 4.90 Å². The molecule has 0 bridgehead atoms. The molecule has 0 aliphatic rings. The van der Waals surface area contributed by atoms with Gasteiger partial charge < -0.3 is 9.47 Å². The molecule has 0 radical (unpaired) electrons. The summed E-state index contributed by atoms with van der Waals surface area (Å²) < 4.78 is 78.8. The summed E-state index contributed by atoms with van der Waals surface area (Å²) in [5.74, 6) is 0. The Morgan fingerprint density at radius 3 is 1.38 bits per heavy atom. The van der Waals surface area contributed by atoms with Crippen LogP contribution in [0.15, 0.2) is 230 Å². The van der Waals surface area contributed by atoms with Crippen LogP contribution in [0.5, 0.6) is 0 Å². The van der Waals surface area contributed by atoms with E-state index in [1.165, 1.54) is 4.90 Å².